The molecule has 1 aliphatic rings. The number of nitrogens with zero attached hydrogens (tertiary/aromatic N) is 3. The first-order chi connectivity index (χ1) is 11.0. The van der Waals surface area contributed by atoms with Crippen LogP contribution in [0.5, 0.6) is 0 Å². The maximum absolute atomic E-state index is 11.9. The van der Waals surface area contributed by atoms with E-state index in [1.165, 1.54) is 0 Å². The van der Waals surface area contributed by atoms with Crippen LogP contribution < -0.4 is 5.32 Å². The molecule has 122 valence electrons. The summed E-state index contributed by atoms with van der Waals surface area (Å²) >= 11 is 0. The second-order valence-corrected chi connectivity index (χ2v) is 7.64. The Morgan fingerprint density at radius 2 is 2.13 bits per heavy atom. The first-order valence-corrected chi connectivity index (χ1v) is 9.07. The Balaban J connectivity index is 1.51. The van der Waals surface area contributed by atoms with Crippen molar-refractivity contribution < 1.29 is 17.7 Å². The van der Waals surface area contributed by atoms with E-state index in [1.54, 1.807) is 24.5 Å². The van der Waals surface area contributed by atoms with Crippen molar-refractivity contribution in [2.75, 3.05) is 11.5 Å². The summed E-state index contributed by atoms with van der Waals surface area (Å²) in [6, 6.07) is 3.24. The molecule has 1 aliphatic heterocycles. The molecule has 0 aromatic carbocycles. The van der Waals surface area contributed by atoms with Gasteiger partial charge >= 0.3 is 0 Å². The summed E-state index contributed by atoms with van der Waals surface area (Å²) in [5.74, 6) is 0.758. The van der Waals surface area contributed by atoms with Crippen molar-refractivity contribution in [3.05, 3.63) is 30.4 Å². The number of aromatic nitrogens is 3. The Labute approximate surface area is 133 Å². The molecule has 1 fully saturated rings. The zero-order chi connectivity index (χ0) is 16.3. The molecule has 2 aromatic heterocycles. The summed E-state index contributed by atoms with van der Waals surface area (Å²) in [4.78, 5) is 20.0. The quantitative estimate of drug-likeness (QED) is 0.838. The van der Waals surface area contributed by atoms with Gasteiger partial charge in [-0.05, 0) is 18.6 Å². The molecule has 1 amide bonds. The lowest BCUT2D eigenvalue weighted by molar-refractivity contribution is -0.121. The Morgan fingerprint density at radius 1 is 1.35 bits per heavy atom. The molecule has 0 bridgehead atoms. The van der Waals surface area contributed by atoms with Gasteiger partial charge in [-0.25, -0.2) is 8.42 Å². The van der Waals surface area contributed by atoms with Crippen LogP contribution in [-0.4, -0.2) is 47.0 Å². The summed E-state index contributed by atoms with van der Waals surface area (Å²) in [7, 11) is -3.00. The Morgan fingerprint density at radius 3 is 2.83 bits per heavy atom. The molecular weight excluding hydrogens is 320 g/mol. The highest BCUT2D eigenvalue weighted by Crippen LogP contribution is 2.15. The second kappa shape index (κ2) is 6.45. The van der Waals surface area contributed by atoms with E-state index in [2.05, 4.69) is 20.4 Å². The molecule has 0 spiro atoms. The topological polar surface area (TPSA) is 115 Å². The van der Waals surface area contributed by atoms with Crippen molar-refractivity contribution in [2.45, 2.75) is 25.3 Å². The van der Waals surface area contributed by atoms with Crippen molar-refractivity contribution >= 4 is 15.7 Å². The summed E-state index contributed by atoms with van der Waals surface area (Å²) in [5, 5.41) is 6.59. The van der Waals surface area contributed by atoms with E-state index >= 15 is 0 Å². The van der Waals surface area contributed by atoms with Gasteiger partial charge in [0.1, 0.15) is 0 Å². The highest BCUT2D eigenvalue weighted by molar-refractivity contribution is 7.91. The fraction of sp³-hybridized carbons (Fsp3) is 0.429. The Kier molecular flexibility index (Phi) is 4.37. The normalized spacial score (nSPS) is 19.6. The van der Waals surface area contributed by atoms with Gasteiger partial charge in [0.05, 0.1) is 11.5 Å². The van der Waals surface area contributed by atoms with E-state index < -0.39 is 9.84 Å². The van der Waals surface area contributed by atoms with Crippen LogP contribution in [0.25, 0.3) is 11.4 Å². The van der Waals surface area contributed by atoms with Crippen molar-refractivity contribution in [1.29, 1.82) is 0 Å². The third kappa shape index (κ3) is 4.13. The standard InChI is InChI=1S/C14H16N4O4S/c19-12(16-11-5-8-23(20,21)9-11)1-2-13-17-14(18-22-13)10-3-6-15-7-4-10/h3-4,6-7,11H,1-2,5,8-9H2,(H,16,19)/t11-/m1/s1. The molecule has 0 aliphatic carbocycles. The number of aryl methyl sites for hydroxylation is 1. The molecule has 8 nitrogen and oxygen atoms in total. The lowest BCUT2D eigenvalue weighted by Gasteiger charge is -2.09. The van der Waals surface area contributed by atoms with Gasteiger partial charge in [0, 0.05) is 36.8 Å². The molecule has 2 aromatic rings. The smallest absolute Gasteiger partial charge is 0.227 e. The van der Waals surface area contributed by atoms with Crippen LogP contribution in [-0.2, 0) is 21.1 Å². The molecule has 0 radical (unpaired) electrons. The monoisotopic (exact) mass is 336 g/mol. The van der Waals surface area contributed by atoms with Gasteiger partial charge in [0.2, 0.25) is 17.6 Å². The van der Waals surface area contributed by atoms with Crippen LogP contribution in [0.1, 0.15) is 18.7 Å². The van der Waals surface area contributed by atoms with Gasteiger partial charge in [-0.1, -0.05) is 5.16 Å². The van der Waals surface area contributed by atoms with Crippen LogP contribution in [0.2, 0.25) is 0 Å². The van der Waals surface area contributed by atoms with Crippen LogP contribution >= 0.6 is 0 Å². The second-order valence-electron chi connectivity index (χ2n) is 5.42. The molecular formula is C14H16N4O4S. The first kappa shape index (κ1) is 15.6. The lowest BCUT2D eigenvalue weighted by atomic mass is 10.2. The van der Waals surface area contributed by atoms with Crippen molar-refractivity contribution in [1.82, 2.24) is 20.4 Å². The molecule has 1 N–H and O–H groups in total. The molecule has 0 unspecified atom stereocenters. The minimum absolute atomic E-state index is 0.0193. The maximum atomic E-state index is 11.9. The SMILES string of the molecule is O=C(CCc1nc(-c2ccncc2)no1)N[C@@H]1CCS(=O)(=O)C1. The van der Waals surface area contributed by atoms with Gasteiger partial charge in [-0.2, -0.15) is 4.98 Å². The number of nitrogens with one attached hydrogen (secondary N) is 1. The number of carbonyl (C=O) groups excluding carboxylic acids is 1. The molecule has 23 heavy (non-hydrogen) atoms. The number of amides is 1. The van der Waals surface area contributed by atoms with Crippen molar-refractivity contribution in [3.8, 4) is 11.4 Å². The summed E-state index contributed by atoms with van der Waals surface area (Å²) in [6.07, 6.45) is 4.22. The number of hydrogen-bond donors (Lipinski definition) is 1. The van der Waals surface area contributed by atoms with E-state index in [9.17, 15) is 13.2 Å². The highest BCUT2D eigenvalue weighted by Gasteiger charge is 2.28. The average molecular weight is 336 g/mol. The molecule has 1 saturated heterocycles. The van der Waals surface area contributed by atoms with E-state index in [1.807, 2.05) is 0 Å². The average Bonchev–Trinajstić information content (AvgIpc) is 3.13. The fourth-order valence-electron chi connectivity index (χ4n) is 2.40. The Bertz CT molecular complexity index is 788. The zero-order valence-corrected chi connectivity index (χ0v) is 13.1. The predicted molar refractivity (Wildman–Crippen MR) is 81.1 cm³/mol. The van der Waals surface area contributed by atoms with E-state index in [-0.39, 0.29) is 29.9 Å². The fourth-order valence-corrected chi connectivity index (χ4v) is 4.08. The highest BCUT2D eigenvalue weighted by atomic mass is 32.2. The number of hydrogen-bond acceptors (Lipinski definition) is 7. The van der Waals surface area contributed by atoms with Gasteiger partial charge in [0.15, 0.2) is 9.84 Å². The summed E-state index contributed by atoms with van der Waals surface area (Å²) in [5.41, 5.74) is 0.788. The largest absolute Gasteiger partial charge is 0.352 e. The van der Waals surface area contributed by atoms with Crippen LogP contribution in [0.4, 0.5) is 0 Å². The van der Waals surface area contributed by atoms with E-state index in [0.29, 0.717) is 24.6 Å². The minimum Gasteiger partial charge on any atom is -0.352 e. The number of sulfone groups is 1. The van der Waals surface area contributed by atoms with Gasteiger partial charge in [-0.3, -0.25) is 9.78 Å². The van der Waals surface area contributed by atoms with Crippen molar-refractivity contribution in [3.63, 3.8) is 0 Å². The van der Waals surface area contributed by atoms with E-state index in [0.717, 1.165) is 5.56 Å². The molecule has 3 rings (SSSR count). The van der Waals surface area contributed by atoms with Gasteiger partial charge < -0.3 is 9.84 Å². The predicted octanol–water partition coefficient (Wildman–Crippen LogP) is 0.367. The van der Waals surface area contributed by atoms with Crippen LogP contribution in [0, 0.1) is 0 Å². The third-order valence-corrected chi connectivity index (χ3v) is 5.34. The lowest BCUT2D eigenvalue weighted by Crippen LogP contribution is -2.35. The number of pyridine rings is 1. The van der Waals surface area contributed by atoms with Gasteiger partial charge in [-0.15, -0.1) is 0 Å². The summed E-state index contributed by atoms with van der Waals surface area (Å²) in [6.45, 7) is 0. The van der Waals surface area contributed by atoms with Gasteiger partial charge in [0.25, 0.3) is 0 Å². The third-order valence-electron chi connectivity index (χ3n) is 3.57. The number of carbonyl (C=O) groups is 1. The maximum Gasteiger partial charge on any atom is 0.227 e. The zero-order valence-electron chi connectivity index (χ0n) is 12.3. The number of rotatable bonds is 5. The molecule has 1 atom stereocenters. The van der Waals surface area contributed by atoms with Crippen LogP contribution in [0.15, 0.2) is 29.0 Å². The van der Waals surface area contributed by atoms with Crippen molar-refractivity contribution in [2.24, 2.45) is 0 Å². The van der Waals surface area contributed by atoms with Crippen LogP contribution in [0.3, 0.4) is 0 Å². The molecule has 0 saturated carbocycles. The Hall–Kier alpha value is -2.29. The summed E-state index contributed by atoms with van der Waals surface area (Å²) < 4.78 is 27.8. The molecule has 9 heteroatoms. The minimum atomic E-state index is -3.00. The van der Waals surface area contributed by atoms with E-state index in [4.69, 9.17) is 4.52 Å². The molecule has 3 heterocycles. The first-order valence-electron chi connectivity index (χ1n) is 7.25.